The summed E-state index contributed by atoms with van der Waals surface area (Å²) in [5.74, 6) is -1.45. The van der Waals surface area contributed by atoms with Crippen molar-refractivity contribution in [3.63, 3.8) is 0 Å². The van der Waals surface area contributed by atoms with Crippen LogP contribution >= 0.6 is 0 Å². The molecule has 4 rings (SSSR count). The minimum atomic E-state index is -4.80. The number of hydrogen-bond acceptors (Lipinski definition) is 5. The number of nitrogens with zero attached hydrogens (tertiary/aromatic N) is 3. The lowest BCUT2D eigenvalue weighted by Gasteiger charge is -2.22. The first-order chi connectivity index (χ1) is 17.4. The molecule has 1 aliphatic heterocycles. The van der Waals surface area contributed by atoms with E-state index in [1.165, 1.54) is 41.8 Å². The molecule has 0 saturated carbocycles. The third-order valence-corrected chi connectivity index (χ3v) is 7.02. The minimum Gasteiger partial charge on any atom is -0.406 e. The van der Waals surface area contributed by atoms with E-state index in [4.69, 9.17) is 0 Å². The first-order valence-corrected chi connectivity index (χ1v) is 12.1. The second kappa shape index (κ2) is 10.5. The summed E-state index contributed by atoms with van der Waals surface area (Å²) in [5.41, 5.74) is -0.480. The van der Waals surface area contributed by atoms with Gasteiger partial charge in [0.25, 0.3) is 0 Å². The zero-order chi connectivity index (χ0) is 26.8. The Kier molecular flexibility index (Phi) is 7.55. The normalized spacial score (nSPS) is 21.0. The van der Waals surface area contributed by atoms with Gasteiger partial charge in [-0.15, -0.1) is 13.2 Å². The van der Waals surface area contributed by atoms with E-state index in [9.17, 15) is 31.0 Å². The van der Waals surface area contributed by atoms with Crippen LogP contribution in [0.2, 0.25) is 0 Å². The van der Waals surface area contributed by atoms with E-state index < -0.39 is 40.8 Å². The van der Waals surface area contributed by atoms with Crippen LogP contribution in [0.5, 0.6) is 5.75 Å². The molecule has 1 aromatic heterocycles. The van der Waals surface area contributed by atoms with Gasteiger partial charge in [-0.05, 0) is 61.5 Å². The molecule has 196 valence electrons. The number of ether oxygens (including phenoxy) is 1. The molecule has 1 aliphatic rings. The van der Waals surface area contributed by atoms with Crippen molar-refractivity contribution in [2.24, 2.45) is 0 Å². The van der Waals surface area contributed by atoms with Gasteiger partial charge >= 0.3 is 6.36 Å². The Labute approximate surface area is 211 Å². The molecule has 2 aromatic carbocycles. The van der Waals surface area contributed by atoms with Gasteiger partial charge in [0, 0.05) is 18.5 Å². The topological polar surface area (TPSA) is 84.4 Å². The molecule has 3 aromatic rings. The molecule has 1 N–H and O–H groups in total. The molecule has 3 atom stereocenters. The van der Waals surface area contributed by atoms with Gasteiger partial charge in [-0.2, -0.15) is 0 Å². The number of carbonyl (C=O) groups excluding carboxylic acids is 1. The molecule has 1 fully saturated rings. The van der Waals surface area contributed by atoms with Gasteiger partial charge in [0.1, 0.15) is 40.6 Å². The van der Waals surface area contributed by atoms with Crippen molar-refractivity contribution in [1.82, 2.24) is 19.6 Å². The Morgan fingerprint density at radius 3 is 2.49 bits per heavy atom. The number of benzene rings is 2. The molecule has 7 nitrogen and oxygen atoms in total. The summed E-state index contributed by atoms with van der Waals surface area (Å²) in [6.45, 7) is 1.01. The van der Waals surface area contributed by atoms with E-state index in [1.807, 2.05) is 0 Å². The Hall–Kier alpha value is -3.45. The summed E-state index contributed by atoms with van der Waals surface area (Å²) in [7, 11) is -1.89. The maximum atomic E-state index is 14.8. The fourth-order valence-electron chi connectivity index (χ4n) is 3.86. The third-order valence-electron chi connectivity index (χ3n) is 5.53. The molecule has 37 heavy (non-hydrogen) atoms. The minimum absolute atomic E-state index is 0.0554. The van der Waals surface area contributed by atoms with E-state index in [2.05, 4.69) is 20.0 Å². The number of rotatable bonds is 7. The second-order valence-electron chi connectivity index (χ2n) is 8.60. The highest BCUT2D eigenvalue weighted by Gasteiger charge is 2.47. The van der Waals surface area contributed by atoms with E-state index in [-0.39, 0.29) is 30.2 Å². The third kappa shape index (κ3) is 6.86. The first kappa shape index (κ1) is 26.6. The Morgan fingerprint density at radius 1 is 1.16 bits per heavy atom. The van der Waals surface area contributed by atoms with E-state index in [0.717, 1.165) is 24.3 Å². The maximum Gasteiger partial charge on any atom is 0.573 e. The van der Waals surface area contributed by atoms with Crippen molar-refractivity contribution in [3.05, 3.63) is 72.4 Å². The van der Waals surface area contributed by atoms with Crippen LogP contribution in [-0.2, 0) is 22.3 Å². The van der Waals surface area contributed by atoms with Crippen molar-refractivity contribution >= 4 is 16.9 Å². The Balaban J connectivity index is 1.43. The smallest absolute Gasteiger partial charge is 0.406 e. The van der Waals surface area contributed by atoms with Crippen molar-refractivity contribution in [2.75, 3.05) is 6.54 Å². The predicted octanol–water partition coefficient (Wildman–Crippen LogP) is 4.32. The van der Waals surface area contributed by atoms with E-state index >= 15 is 0 Å². The van der Waals surface area contributed by atoms with Gasteiger partial charge in [0.2, 0.25) is 5.91 Å². The quantitative estimate of drug-likeness (QED) is 0.452. The van der Waals surface area contributed by atoms with Crippen LogP contribution in [0.3, 0.4) is 0 Å². The Bertz CT molecular complexity index is 1290. The lowest BCUT2D eigenvalue weighted by Crippen LogP contribution is -2.43. The SMILES string of the molecule is CC1(F)CC(C(=O)NCc2cc(-c3ccc(OC(F)(F)F)cc3)ncn2)N(S(=O)c2ccc(F)cc2)C1. The largest absolute Gasteiger partial charge is 0.573 e. The number of hydrogen-bond donors (Lipinski definition) is 1. The lowest BCUT2D eigenvalue weighted by molar-refractivity contribution is -0.274. The van der Waals surface area contributed by atoms with Crippen molar-refractivity contribution < 1.29 is 35.7 Å². The van der Waals surface area contributed by atoms with Gasteiger partial charge in [-0.3, -0.25) is 4.79 Å². The zero-order valence-corrected chi connectivity index (χ0v) is 20.2. The highest BCUT2D eigenvalue weighted by molar-refractivity contribution is 7.82. The molecule has 0 bridgehead atoms. The van der Waals surface area contributed by atoms with Crippen LogP contribution in [0.4, 0.5) is 22.0 Å². The molecular weight excluding hydrogens is 519 g/mol. The number of amides is 1. The van der Waals surface area contributed by atoms with E-state index in [0.29, 0.717) is 17.0 Å². The molecule has 1 amide bonds. The number of halogens is 5. The fourth-order valence-corrected chi connectivity index (χ4v) is 5.29. The average Bonchev–Trinajstić information content (AvgIpc) is 3.18. The van der Waals surface area contributed by atoms with Gasteiger partial charge in [0.05, 0.1) is 22.8 Å². The highest BCUT2D eigenvalue weighted by atomic mass is 32.2. The fraction of sp³-hybridized carbons (Fsp3) is 0.292. The van der Waals surface area contributed by atoms with Crippen LogP contribution in [0.1, 0.15) is 19.0 Å². The van der Waals surface area contributed by atoms with Gasteiger partial charge in [-0.1, -0.05) is 0 Å². The van der Waals surface area contributed by atoms with Crippen LogP contribution in [0.15, 0.2) is 65.8 Å². The highest BCUT2D eigenvalue weighted by Crippen LogP contribution is 2.33. The molecule has 13 heteroatoms. The molecule has 2 heterocycles. The van der Waals surface area contributed by atoms with Crippen LogP contribution in [0.25, 0.3) is 11.3 Å². The first-order valence-electron chi connectivity index (χ1n) is 11.0. The lowest BCUT2D eigenvalue weighted by atomic mass is 10.0. The van der Waals surface area contributed by atoms with Crippen LogP contribution in [0, 0.1) is 5.82 Å². The van der Waals surface area contributed by atoms with Crippen molar-refractivity contribution in [3.8, 4) is 17.0 Å². The molecular formula is C24H21F5N4O3S. The predicted molar refractivity (Wildman–Crippen MR) is 123 cm³/mol. The van der Waals surface area contributed by atoms with Gasteiger partial charge < -0.3 is 10.1 Å². The number of carbonyl (C=O) groups is 1. The second-order valence-corrected chi connectivity index (χ2v) is 10.0. The zero-order valence-electron chi connectivity index (χ0n) is 19.3. The molecule has 0 aliphatic carbocycles. The molecule has 0 radical (unpaired) electrons. The standard InChI is InChI=1S/C24H21F5N4O3S/c1-23(26)11-21(33(13-23)37(35)19-8-4-16(25)5-9-19)22(34)30-12-17-10-20(32-14-31-17)15-2-6-18(7-3-15)36-24(27,28)29/h2-10,14,21H,11-13H2,1H3,(H,30,34). The monoisotopic (exact) mass is 540 g/mol. The summed E-state index contributed by atoms with van der Waals surface area (Å²) < 4.78 is 83.2. The molecule has 1 saturated heterocycles. The average molecular weight is 541 g/mol. The van der Waals surface area contributed by atoms with Crippen LogP contribution < -0.4 is 10.1 Å². The molecule has 0 spiro atoms. The summed E-state index contributed by atoms with van der Waals surface area (Å²) in [6, 6.07) is 10.5. The number of alkyl halides is 4. The number of aromatic nitrogens is 2. The summed E-state index contributed by atoms with van der Waals surface area (Å²) in [6.07, 6.45) is -3.75. The Morgan fingerprint density at radius 2 is 1.84 bits per heavy atom. The van der Waals surface area contributed by atoms with Crippen LogP contribution in [-0.4, -0.2) is 49.0 Å². The number of nitrogens with one attached hydrogen (secondary N) is 1. The summed E-state index contributed by atoms with van der Waals surface area (Å²) >= 11 is 0. The maximum absolute atomic E-state index is 14.8. The summed E-state index contributed by atoms with van der Waals surface area (Å²) in [5, 5.41) is 2.66. The van der Waals surface area contributed by atoms with Gasteiger partial charge in [0.15, 0.2) is 0 Å². The van der Waals surface area contributed by atoms with Crippen molar-refractivity contribution in [2.45, 2.75) is 42.9 Å². The van der Waals surface area contributed by atoms with Crippen molar-refractivity contribution in [1.29, 1.82) is 0 Å². The van der Waals surface area contributed by atoms with E-state index in [1.54, 1.807) is 6.07 Å². The summed E-state index contributed by atoms with van der Waals surface area (Å²) in [4.78, 5) is 21.4. The van der Waals surface area contributed by atoms with Gasteiger partial charge in [-0.25, -0.2) is 27.3 Å². The molecule has 3 unspecified atom stereocenters.